The maximum absolute atomic E-state index is 12.8. The topological polar surface area (TPSA) is 78.5 Å². The first-order valence-electron chi connectivity index (χ1n) is 6.92. The summed E-state index contributed by atoms with van der Waals surface area (Å²) < 4.78 is 27.0. The van der Waals surface area contributed by atoms with E-state index < -0.39 is 10.0 Å². The van der Waals surface area contributed by atoms with Gasteiger partial charge in [-0.05, 0) is 31.5 Å². The predicted molar refractivity (Wildman–Crippen MR) is 81.7 cm³/mol. The monoisotopic (exact) mass is 311 g/mol. The molecule has 6 nitrogen and oxygen atoms in total. The highest BCUT2D eigenvalue weighted by Crippen LogP contribution is 2.24. The third-order valence-corrected chi connectivity index (χ3v) is 5.46. The fourth-order valence-corrected chi connectivity index (χ4v) is 4.19. The number of benzene rings is 1. The normalized spacial score (nSPS) is 20.2. The lowest BCUT2D eigenvalue weighted by atomic mass is 10.2. The number of anilines is 1. The second-order valence-electron chi connectivity index (χ2n) is 5.38. The number of sulfonamides is 1. The van der Waals surface area contributed by atoms with E-state index in [1.54, 1.807) is 19.1 Å². The van der Waals surface area contributed by atoms with E-state index in [1.165, 1.54) is 17.3 Å². The van der Waals surface area contributed by atoms with Gasteiger partial charge < -0.3 is 10.6 Å². The number of carbonyl (C=O) groups is 1. The van der Waals surface area contributed by atoms with Gasteiger partial charge >= 0.3 is 0 Å². The van der Waals surface area contributed by atoms with E-state index in [9.17, 15) is 13.2 Å². The summed E-state index contributed by atoms with van der Waals surface area (Å²) in [6, 6.07) is 5.07. The number of aryl methyl sites for hydroxylation is 1. The first-order valence-corrected chi connectivity index (χ1v) is 8.36. The number of nitrogens with one attached hydrogen (secondary N) is 2. The molecule has 116 valence electrons. The van der Waals surface area contributed by atoms with Gasteiger partial charge in [-0.2, -0.15) is 4.31 Å². The quantitative estimate of drug-likeness (QED) is 0.870. The second-order valence-corrected chi connectivity index (χ2v) is 7.29. The van der Waals surface area contributed by atoms with Crippen LogP contribution < -0.4 is 10.6 Å². The summed E-state index contributed by atoms with van der Waals surface area (Å²) in [6.07, 6.45) is 0. The summed E-state index contributed by atoms with van der Waals surface area (Å²) in [6.45, 7) is 6.66. The molecule has 0 spiro atoms. The van der Waals surface area contributed by atoms with Gasteiger partial charge in [0.1, 0.15) is 0 Å². The zero-order valence-corrected chi connectivity index (χ0v) is 13.3. The maximum Gasteiger partial charge on any atom is 0.243 e. The van der Waals surface area contributed by atoms with E-state index in [2.05, 4.69) is 10.6 Å². The smallest absolute Gasteiger partial charge is 0.243 e. The highest BCUT2D eigenvalue weighted by atomic mass is 32.2. The van der Waals surface area contributed by atoms with Gasteiger partial charge in [-0.15, -0.1) is 0 Å². The van der Waals surface area contributed by atoms with Gasteiger partial charge in [0.2, 0.25) is 15.9 Å². The van der Waals surface area contributed by atoms with Crippen molar-refractivity contribution in [2.45, 2.75) is 31.7 Å². The van der Waals surface area contributed by atoms with E-state index in [-0.39, 0.29) is 16.8 Å². The molecule has 7 heteroatoms. The first kappa shape index (κ1) is 15.9. The number of rotatable bonds is 3. The molecular formula is C14H21N3O3S. The average Bonchev–Trinajstić information content (AvgIpc) is 2.40. The van der Waals surface area contributed by atoms with Crippen LogP contribution in [0.15, 0.2) is 23.1 Å². The van der Waals surface area contributed by atoms with Crippen molar-refractivity contribution in [3.63, 3.8) is 0 Å². The number of piperazine rings is 1. The Morgan fingerprint density at radius 3 is 2.76 bits per heavy atom. The van der Waals surface area contributed by atoms with Crippen LogP contribution in [-0.4, -0.2) is 44.3 Å². The summed E-state index contributed by atoms with van der Waals surface area (Å²) in [5.41, 5.74) is 1.17. The Labute approximate surface area is 125 Å². The van der Waals surface area contributed by atoms with Gasteiger partial charge in [0.15, 0.2) is 0 Å². The fourth-order valence-electron chi connectivity index (χ4n) is 2.41. The van der Waals surface area contributed by atoms with Crippen molar-refractivity contribution < 1.29 is 13.2 Å². The summed E-state index contributed by atoms with van der Waals surface area (Å²) in [7, 11) is -3.54. The molecule has 1 aliphatic heterocycles. The molecule has 0 aromatic heterocycles. The molecule has 2 rings (SSSR count). The Morgan fingerprint density at radius 2 is 2.14 bits per heavy atom. The standard InChI is InChI=1S/C14H21N3O3S/c1-10-4-5-13(16-12(3)18)8-14(10)21(19,20)17-7-6-15-11(2)9-17/h4-5,8,11,15H,6-7,9H2,1-3H3,(H,16,18)/t11-/m1/s1. The van der Waals surface area contributed by atoms with Gasteiger partial charge in [0, 0.05) is 38.3 Å². The molecule has 0 unspecified atom stereocenters. The zero-order valence-electron chi connectivity index (χ0n) is 12.5. The largest absolute Gasteiger partial charge is 0.326 e. The lowest BCUT2D eigenvalue weighted by molar-refractivity contribution is -0.114. The molecule has 0 aliphatic carbocycles. The lowest BCUT2D eigenvalue weighted by Gasteiger charge is -2.31. The number of carbonyl (C=O) groups excluding carboxylic acids is 1. The summed E-state index contributed by atoms with van der Waals surface area (Å²) in [4.78, 5) is 11.4. The molecule has 1 aromatic carbocycles. The van der Waals surface area contributed by atoms with Gasteiger partial charge in [-0.3, -0.25) is 4.79 Å². The number of hydrogen-bond donors (Lipinski definition) is 2. The third-order valence-electron chi connectivity index (χ3n) is 3.46. The van der Waals surface area contributed by atoms with Gasteiger partial charge in [0.05, 0.1) is 4.90 Å². The summed E-state index contributed by atoms with van der Waals surface area (Å²) in [5.74, 6) is -0.224. The number of amides is 1. The van der Waals surface area contributed by atoms with Gasteiger partial charge in [-0.25, -0.2) is 8.42 Å². The molecule has 0 saturated carbocycles. The molecule has 1 heterocycles. The van der Waals surface area contributed by atoms with Crippen LogP contribution in [0.2, 0.25) is 0 Å². The van der Waals surface area contributed by atoms with Crippen molar-refractivity contribution in [3.05, 3.63) is 23.8 Å². The van der Waals surface area contributed by atoms with Crippen LogP contribution in [0.3, 0.4) is 0 Å². The van der Waals surface area contributed by atoms with E-state index >= 15 is 0 Å². The Kier molecular flexibility index (Phi) is 4.65. The minimum atomic E-state index is -3.54. The van der Waals surface area contributed by atoms with Gasteiger partial charge in [0.25, 0.3) is 0 Å². The van der Waals surface area contributed by atoms with Crippen LogP contribution in [0, 0.1) is 6.92 Å². The molecule has 1 fully saturated rings. The van der Waals surface area contributed by atoms with E-state index in [1.807, 2.05) is 6.92 Å². The molecule has 1 aliphatic rings. The molecule has 1 amide bonds. The van der Waals surface area contributed by atoms with Crippen LogP contribution >= 0.6 is 0 Å². The molecule has 21 heavy (non-hydrogen) atoms. The fraction of sp³-hybridized carbons (Fsp3) is 0.500. The Hall–Kier alpha value is -1.44. The van der Waals surface area contributed by atoms with Crippen molar-refractivity contribution in [1.29, 1.82) is 0 Å². The highest BCUT2D eigenvalue weighted by molar-refractivity contribution is 7.89. The minimum absolute atomic E-state index is 0.132. The molecule has 2 N–H and O–H groups in total. The molecule has 1 aromatic rings. The van der Waals surface area contributed by atoms with Crippen LogP contribution in [0.4, 0.5) is 5.69 Å². The van der Waals surface area contributed by atoms with Crippen molar-refractivity contribution in [3.8, 4) is 0 Å². The molecule has 0 radical (unpaired) electrons. The molecule has 0 bridgehead atoms. The van der Waals surface area contributed by atoms with Crippen LogP contribution in [-0.2, 0) is 14.8 Å². The molecule has 1 saturated heterocycles. The van der Waals surface area contributed by atoms with Crippen molar-refractivity contribution >= 4 is 21.6 Å². The van der Waals surface area contributed by atoms with E-state index in [4.69, 9.17) is 0 Å². The highest BCUT2D eigenvalue weighted by Gasteiger charge is 2.29. The summed E-state index contributed by atoms with van der Waals surface area (Å²) >= 11 is 0. The molecular weight excluding hydrogens is 290 g/mol. The maximum atomic E-state index is 12.8. The zero-order chi connectivity index (χ0) is 15.6. The van der Waals surface area contributed by atoms with Crippen LogP contribution in [0.25, 0.3) is 0 Å². The van der Waals surface area contributed by atoms with Crippen molar-refractivity contribution in [2.24, 2.45) is 0 Å². The minimum Gasteiger partial charge on any atom is -0.326 e. The first-order chi connectivity index (χ1) is 9.80. The number of hydrogen-bond acceptors (Lipinski definition) is 4. The second kappa shape index (κ2) is 6.13. The van der Waals surface area contributed by atoms with Gasteiger partial charge in [-0.1, -0.05) is 6.07 Å². The molecule has 1 atom stereocenters. The summed E-state index contributed by atoms with van der Waals surface area (Å²) in [5, 5.41) is 5.85. The van der Waals surface area contributed by atoms with Crippen LogP contribution in [0.5, 0.6) is 0 Å². The predicted octanol–water partition coefficient (Wildman–Crippen LogP) is 0.936. The number of nitrogens with zero attached hydrogens (tertiary/aromatic N) is 1. The Morgan fingerprint density at radius 1 is 1.43 bits per heavy atom. The average molecular weight is 311 g/mol. The van der Waals surface area contributed by atoms with E-state index in [0.29, 0.717) is 30.9 Å². The Balaban J connectivity index is 2.36. The SMILES string of the molecule is CC(=O)Nc1ccc(C)c(S(=O)(=O)N2CCN[C@H](C)C2)c1. The van der Waals surface area contributed by atoms with Crippen molar-refractivity contribution in [2.75, 3.05) is 25.0 Å². The van der Waals surface area contributed by atoms with E-state index in [0.717, 1.165) is 0 Å². The Bertz CT molecular complexity index is 643. The van der Waals surface area contributed by atoms with Crippen LogP contribution in [0.1, 0.15) is 19.4 Å². The lowest BCUT2D eigenvalue weighted by Crippen LogP contribution is -2.51. The third kappa shape index (κ3) is 3.61. The van der Waals surface area contributed by atoms with Crippen molar-refractivity contribution in [1.82, 2.24) is 9.62 Å².